The molecular weight excluding hydrogens is 461 g/mol. The van der Waals surface area contributed by atoms with E-state index in [1.54, 1.807) is 5.57 Å². The molecule has 3 aliphatic rings. The molecule has 1 unspecified atom stereocenters. The molecule has 1 atom stereocenters. The summed E-state index contributed by atoms with van der Waals surface area (Å²) in [4.78, 5) is 4.81. The van der Waals surface area contributed by atoms with Gasteiger partial charge in [-0.1, -0.05) is 47.9 Å². The molecule has 0 saturated carbocycles. The molecule has 5 heteroatoms. The van der Waals surface area contributed by atoms with Gasteiger partial charge in [0.25, 0.3) is 0 Å². The summed E-state index contributed by atoms with van der Waals surface area (Å²) in [6.07, 6.45) is 6.45. The molecule has 3 nitrogen and oxygen atoms in total. The summed E-state index contributed by atoms with van der Waals surface area (Å²) < 4.78 is 6.15. The van der Waals surface area contributed by atoms with Crippen LogP contribution in [0.4, 0.5) is 0 Å². The van der Waals surface area contributed by atoms with Crippen molar-refractivity contribution in [3.8, 4) is 0 Å². The second-order valence-corrected chi connectivity index (χ2v) is 12.1. The second kappa shape index (κ2) is 8.76. The van der Waals surface area contributed by atoms with Crippen molar-refractivity contribution in [1.29, 1.82) is 0 Å². The largest absolute Gasteiger partial charge is 0.387 e. The first-order chi connectivity index (χ1) is 17.2. The molecule has 182 valence electrons. The monoisotopic (exact) mass is 493 g/mol. The highest BCUT2D eigenvalue weighted by Crippen LogP contribution is 2.57. The lowest BCUT2D eigenvalue weighted by Gasteiger charge is -2.37. The van der Waals surface area contributed by atoms with Gasteiger partial charge in [-0.25, -0.2) is 0 Å². The highest BCUT2D eigenvalue weighted by Gasteiger charge is 2.38. The standard InChI is InChI=1S/C31H32BNO2S/c1-30(2,34)31(3,4)35-18-32-26-17-36-29-23-13-12-20(16-25(23)22-10-7-11-24(26)27(22)29)28-21-9-6-5-8-19(21)14-15-33-28/h5-11,14-17,29,32,34H,12-13,18H2,1-4H3. The first-order valence-electron chi connectivity index (χ1n) is 12.9. The van der Waals surface area contributed by atoms with E-state index in [0.29, 0.717) is 11.8 Å². The number of allylic oxidation sites excluding steroid dienone is 3. The summed E-state index contributed by atoms with van der Waals surface area (Å²) in [6.45, 7) is 8.12. The lowest BCUT2D eigenvalue weighted by Crippen LogP contribution is -2.47. The van der Waals surface area contributed by atoms with Crippen molar-refractivity contribution < 1.29 is 9.84 Å². The van der Waals surface area contributed by atoms with E-state index in [0.717, 1.165) is 25.8 Å². The van der Waals surface area contributed by atoms with Crippen molar-refractivity contribution in [1.82, 2.24) is 4.98 Å². The molecule has 1 aromatic heterocycles. The van der Waals surface area contributed by atoms with Crippen LogP contribution in [0.25, 0.3) is 27.4 Å². The molecule has 2 heterocycles. The molecule has 2 aromatic carbocycles. The average Bonchev–Trinajstić information content (AvgIpc) is 3.19. The van der Waals surface area contributed by atoms with Crippen LogP contribution in [-0.2, 0) is 4.74 Å². The smallest absolute Gasteiger partial charge is 0.190 e. The van der Waals surface area contributed by atoms with Crippen LogP contribution in [0.1, 0.15) is 68.2 Å². The predicted molar refractivity (Wildman–Crippen MR) is 154 cm³/mol. The van der Waals surface area contributed by atoms with E-state index in [-0.39, 0.29) is 0 Å². The lowest BCUT2D eigenvalue weighted by atomic mass is 9.66. The molecule has 0 amide bonds. The number of benzene rings is 2. The highest BCUT2D eigenvalue weighted by atomic mass is 32.2. The van der Waals surface area contributed by atoms with Crippen molar-refractivity contribution in [2.75, 3.05) is 6.51 Å². The first kappa shape index (κ1) is 23.8. The molecule has 36 heavy (non-hydrogen) atoms. The van der Waals surface area contributed by atoms with Gasteiger partial charge in [0.2, 0.25) is 0 Å². The minimum absolute atomic E-state index is 0.405. The summed E-state index contributed by atoms with van der Waals surface area (Å²) in [5, 5.41) is 15.7. The third kappa shape index (κ3) is 3.89. The van der Waals surface area contributed by atoms with Crippen molar-refractivity contribution >= 4 is 46.4 Å². The van der Waals surface area contributed by atoms with E-state index in [2.05, 4.69) is 60.0 Å². The van der Waals surface area contributed by atoms with Crippen LogP contribution in [0.3, 0.4) is 0 Å². The first-order valence-corrected chi connectivity index (χ1v) is 13.8. The quantitative estimate of drug-likeness (QED) is 0.379. The van der Waals surface area contributed by atoms with Crippen LogP contribution in [0.15, 0.2) is 71.8 Å². The van der Waals surface area contributed by atoms with E-state index in [1.807, 2.05) is 45.7 Å². The van der Waals surface area contributed by atoms with Crippen LogP contribution >= 0.6 is 11.8 Å². The number of aromatic nitrogens is 1. The maximum absolute atomic E-state index is 10.4. The molecule has 6 rings (SSSR count). The van der Waals surface area contributed by atoms with E-state index in [9.17, 15) is 5.11 Å². The zero-order valence-corrected chi connectivity index (χ0v) is 22.3. The fraction of sp³-hybridized carbons (Fsp3) is 0.323. The molecule has 0 fully saturated rings. The number of thioether (sulfide) groups is 1. The van der Waals surface area contributed by atoms with E-state index >= 15 is 0 Å². The fourth-order valence-corrected chi connectivity index (χ4v) is 6.86. The number of ether oxygens (including phenoxy) is 1. The van der Waals surface area contributed by atoms with Gasteiger partial charge in [-0.3, -0.25) is 4.98 Å². The number of hydrogen-bond donors (Lipinski definition) is 1. The molecule has 0 spiro atoms. The Kier molecular flexibility index (Phi) is 5.79. The lowest BCUT2D eigenvalue weighted by molar-refractivity contribution is -0.135. The Morgan fingerprint density at radius 3 is 2.67 bits per heavy atom. The van der Waals surface area contributed by atoms with Gasteiger partial charge in [0, 0.05) is 18.1 Å². The Labute approximate surface area is 218 Å². The maximum Gasteiger partial charge on any atom is 0.190 e. The van der Waals surface area contributed by atoms with Gasteiger partial charge < -0.3 is 9.84 Å². The fourth-order valence-electron chi connectivity index (χ4n) is 5.52. The number of fused-ring (bicyclic) bond motifs is 3. The molecule has 0 radical (unpaired) electrons. The molecule has 0 saturated heterocycles. The second-order valence-electron chi connectivity index (χ2n) is 11.1. The van der Waals surface area contributed by atoms with Crippen LogP contribution in [0.2, 0.25) is 0 Å². The average molecular weight is 493 g/mol. The molecule has 1 aliphatic heterocycles. The Hall–Kier alpha value is -2.60. The van der Waals surface area contributed by atoms with E-state index in [4.69, 9.17) is 9.72 Å². The van der Waals surface area contributed by atoms with Crippen molar-refractivity contribution in [3.05, 3.63) is 94.2 Å². The molecular formula is C31H32BNO2S. The zero-order valence-electron chi connectivity index (χ0n) is 21.5. The summed E-state index contributed by atoms with van der Waals surface area (Å²) >= 11 is 1.95. The normalized spacial score (nSPS) is 19.1. The molecule has 3 aromatic rings. The van der Waals surface area contributed by atoms with Gasteiger partial charge in [0.1, 0.15) is 0 Å². The van der Waals surface area contributed by atoms with E-state index < -0.39 is 11.2 Å². The molecule has 2 aliphatic carbocycles. The van der Waals surface area contributed by atoms with Crippen molar-refractivity contribution in [2.24, 2.45) is 0 Å². The molecule has 0 bridgehead atoms. The third-order valence-corrected chi connectivity index (χ3v) is 9.49. The highest BCUT2D eigenvalue weighted by molar-refractivity contribution is 8.02. The maximum atomic E-state index is 10.4. The molecule has 1 N–H and O–H groups in total. The minimum Gasteiger partial charge on any atom is -0.387 e. The summed E-state index contributed by atoms with van der Waals surface area (Å²) in [5.74, 6) is 0. The van der Waals surface area contributed by atoms with Crippen LogP contribution < -0.4 is 0 Å². The van der Waals surface area contributed by atoms with Crippen LogP contribution in [0, 0.1) is 0 Å². The SMILES string of the molecule is CC(C)(O)C(C)(C)OCBC1=CSC2C3=C(C=C(c4nccc5ccccc45)CC3)c3cccc1c32. The van der Waals surface area contributed by atoms with E-state index in [1.165, 1.54) is 44.1 Å². The number of nitrogens with zero attached hydrogens (tertiary/aromatic N) is 1. The zero-order chi connectivity index (χ0) is 25.1. The van der Waals surface area contributed by atoms with Crippen LogP contribution in [-0.4, -0.2) is 35.1 Å². The third-order valence-electron chi connectivity index (χ3n) is 8.28. The summed E-state index contributed by atoms with van der Waals surface area (Å²) in [5.41, 5.74) is 9.44. The summed E-state index contributed by atoms with van der Waals surface area (Å²) in [7, 11) is 0.835. The Balaban J connectivity index is 1.31. The van der Waals surface area contributed by atoms with Crippen molar-refractivity contribution in [3.63, 3.8) is 0 Å². The number of hydrogen-bond acceptors (Lipinski definition) is 4. The predicted octanol–water partition coefficient (Wildman–Crippen LogP) is 6.93. The summed E-state index contributed by atoms with van der Waals surface area (Å²) in [6, 6.07) is 17.4. The van der Waals surface area contributed by atoms with Gasteiger partial charge in [0.15, 0.2) is 7.28 Å². The number of rotatable bonds is 6. The Morgan fingerprint density at radius 1 is 1.03 bits per heavy atom. The topological polar surface area (TPSA) is 42.4 Å². The van der Waals surface area contributed by atoms with Gasteiger partial charge >= 0.3 is 0 Å². The van der Waals surface area contributed by atoms with Gasteiger partial charge in [0.05, 0.1) is 22.1 Å². The van der Waals surface area contributed by atoms with Gasteiger partial charge in [-0.05, 0) is 96.9 Å². The number of pyridine rings is 1. The van der Waals surface area contributed by atoms with Gasteiger partial charge in [-0.15, -0.1) is 11.8 Å². The minimum atomic E-state index is -0.895. The Morgan fingerprint density at radius 2 is 1.83 bits per heavy atom. The van der Waals surface area contributed by atoms with Crippen molar-refractivity contribution in [2.45, 2.75) is 57.0 Å². The van der Waals surface area contributed by atoms with Crippen LogP contribution in [0.5, 0.6) is 0 Å². The number of aliphatic hydroxyl groups is 1. The van der Waals surface area contributed by atoms with Gasteiger partial charge in [-0.2, -0.15) is 0 Å². The Bertz CT molecular complexity index is 1460.